The van der Waals surface area contributed by atoms with Crippen molar-refractivity contribution in [1.29, 1.82) is 0 Å². The summed E-state index contributed by atoms with van der Waals surface area (Å²) in [5.41, 5.74) is 8.21. The molecule has 0 aromatic heterocycles. The molecule has 1 aliphatic carbocycles. The van der Waals surface area contributed by atoms with Crippen molar-refractivity contribution in [2.45, 2.75) is 45.6 Å². The Morgan fingerprint density at radius 3 is 2.53 bits per heavy atom. The van der Waals surface area contributed by atoms with E-state index in [0.29, 0.717) is 11.7 Å². The number of carbonyl (C=O) groups is 1. The van der Waals surface area contributed by atoms with Gasteiger partial charge < -0.3 is 10.6 Å². The molecule has 104 valence electrons. The highest BCUT2D eigenvalue weighted by molar-refractivity contribution is 5.96. The van der Waals surface area contributed by atoms with Gasteiger partial charge in [-0.1, -0.05) is 13.0 Å². The van der Waals surface area contributed by atoms with Gasteiger partial charge in [-0.3, -0.25) is 4.79 Å². The van der Waals surface area contributed by atoms with Gasteiger partial charge in [-0.05, 0) is 56.2 Å². The van der Waals surface area contributed by atoms with Crippen LogP contribution in [0.2, 0.25) is 0 Å². The van der Waals surface area contributed by atoms with Crippen molar-refractivity contribution in [1.82, 2.24) is 4.90 Å². The summed E-state index contributed by atoms with van der Waals surface area (Å²) in [6.45, 7) is 4.21. The Bertz CT molecular complexity index is 462. The molecule has 0 radical (unpaired) electrons. The largest absolute Gasteiger partial charge is 0.398 e. The Morgan fingerprint density at radius 2 is 1.89 bits per heavy atom. The van der Waals surface area contributed by atoms with Crippen LogP contribution >= 0.6 is 0 Å². The fourth-order valence-electron chi connectivity index (χ4n) is 2.87. The van der Waals surface area contributed by atoms with Gasteiger partial charge in [-0.25, -0.2) is 0 Å². The Labute approximate surface area is 115 Å². The standard InChI is InChI=1S/C16H24N2O/c1-11-7-9-13(10-8-11)18(3)16(19)14-5-4-6-15(17)12(14)2/h4-6,11,13H,7-10,17H2,1-3H3. The van der Waals surface area contributed by atoms with E-state index in [1.165, 1.54) is 12.8 Å². The van der Waals surface area contributed by atoms with Crippen LogP contribution in [0.4, 0.5) is 5.69 Å². The number of anilines is 1. The molecule has 0 unspecified atom stereocenters. The molecule has 19 heavy (non-hydrogen) atoms. The average Bonchev–Trinajstić information content (AvgIpc) is 2.41. The van der Waals surface area contributed by atoms with Gasteiger partial charge in [0.15, 0.2) is 0 Å². The second-order valence-corrected chi connectivity index (χ2v) is 5.85. The smallest absolute Gasteiger partial charge is 0.254 e. The number of hydrogen-bond donors (Lipinski definition) is 1. The number of nitrogens with two attached hydrogens (primary N) is 1. The minimum atomic E-state index is 0.101. The molecule has 2 rings (SSSR count). The van der Waals surface area contributed by atoms with Gasteiger partial charge in [0.2, 0.25) is 0 Å². The molecule has 3 heteroatoms. The summed E-state index contributed by atoms with van der Waals surface area (Å²) in [6, 6.07) is 5.95. The molecule has 1 amide bonds. The van der Waals surface area contributed by atoms with Crippen LogP contribution in [0.25, 0.3) is 0 Å². The van der Waals surface area contributed by atoms with Crippen LogP contribution in [0.15, 0.2) is 18.2 Å². The third-order valence-electron chi connectivity index (χ3n) is 4.46. The lowest BCUT2D eigenvalue weighted by atomic mass is 9.86. The SMILES string of the molecule is Cc1c(N)cccc1C(=O)N(C)C1CCC(C)CC1. The van der Waals surface area contributed by atoms with Crippen molar-refractivity contribution in [2.24, 2.45) is 5.92 Å². The molecule has 1 saturated carbocycles. The zero-order valence-corrected chi connectivity index (χ0v) is 12.1. The molecule has 0 spiro atoms. The van der Waals surface area contributed by atoms with Crippen molar-refractivity contribution in [3.8, 4) is 0 Å². The van der Waals surface area contributed by atoms with E-state index in [-0.39, 0.29) is 5.91 Å². The zero-order valence-electron chi connectivity index (χ0n) is 12.1. The first kappa shape index (κ1) is 13.9. The molecule has 0 bridgehead atoms. The number of hydrogen-bond acceptors (Lipinski definition) is 2. The van der Waals surface area contributed by atoms with Crippen LogP contribution in [0.3, 0.4) is 0 Å². The quantitative estimate of drug-likeness (QED) is 0.830. The maximum Gasteiger partial charge on any atom is 0.254 e. The number of benzene rings is 1. The summed E-state index contributed by atoms with van der Waals surface area (Å²) in [6.07, 6.45) is 4.67. The van der Waals surface area contributed by atoms with Gasteiger partial charge in [0.1, 0.15) is 0 Å². The maximum absolute atomic E-state index is 12.6. The van der Waals surface area contributed by atoms with E-state index in [0.717, 1.165) is 29.9 Å². The van der Waals surface area contributed by atoms with Crippen LogP contribution in [-0.4, -0.2) is 23.9 Å². The van der Waals surface area contributed by atoms with Gasteiger partial charge in [-0.2, -0.15) is 0 Å². The Morgan fingerprint density at radius 1 is 1.26 bits per heavy atom. The van der Waals surface area contributed by atoms with Gasteiger partial charge in [0.05, 0.1) is 0 Å². The predicted molar refractivity (Wildman–Crippen MR) is 79.1 cm³/mol. The summed E-state index contributed by atoms with van der Waals surface area (Å²) >= 11 is 0. The highest BCUT2D eigenvalue weighted by Crippen LogP contribution is 2.28. The molecular formula is C16H24N2O. The Hall–Kier alpha value is -1.51. The van der Waals surface area contributed by atoms with Gasteiger partial charge in [0, 0.05) is 24.3 Å². The third-order valence-corrected chi connectivity index (χ3v) is 4.46. The van der Waals surface area contributed by atoms with Crippen LogP contribution in [0, 0.1) is 12.8 Å². The van der Waals surface area contributed by atoms with Gasteiger partial charge in [-0.15, -0.1) is 0 Å². The molecule has 1 fully saturated rings. The van der Waals surface area contributed by atoms with Gasteiger partial charge in [0.25, 0.3) is 5.91 Å². The zero-order chi connectivity index (χ0) is 14.0. The second kappa shape index (κ2) is 5.64. The van der Waals surface area contributed by atoms with E-state index in [4.69, 9.17) is 5.73 Å². The highest BCUT2D eigenvalue weighted by atomic mass is 16.2. The lowest BCUT2D eigenvalue weighted by Gasteiger charge is -2.34. The lowest BCUT2D eigenvalue weighted by molar-refractivity contribution is 0.0679. The lowest BCUT2D eigenvalue weighted by Crippen LogP contribution is -2.39. The molecule has 0 aliphatic heterocycles. The number of rotatable bonds is 2. The minimum absolute atomic E-state index is 0.101. The van der Waals surface area contributed by atoms with E-state index in [9.17, 15) is 4.79 Å². The molecule has 1 aromatic rings. The highest BCUT2D eigenvalue weighted by Gasteiger charge is 2.26. The van der Waals surface area contributed by atoms with Crippen LogP contribution < -0.4 is 5.73 Å². The minimum Gasteiger partial charge on any atom is -0.398 e. The van der Waals surface area contributed by atoms with Gasteiger partial charge >= 0.3 is 0 Å². The van der Waals surface area contributed by atoms with E-state index >= 15 is 0 Å². The summed E-state index contributed by atoms with van der Waals surface area (Å²) in [7, 11) is 1.92. The fraction of sp³-hybridized carbons (Fsp3) is 0.562. The van der Waals surface area contributed by atoms with Crippen molar-refractivity contribution in [2.75, 3.05) is 12.8 Å². The molecule has 3 nitrogen and oxygen atoms in total. The van der Waals surface area contributed by atoms with E-state index in [1.807, 2.05) is 37.1 Å². The van der Waals surface area contributed by atoms with Crippen molar-refractivity contribution in [3.05, 3.63) is 29.3 Å². The number of amides is 1. The average molecular weight is 260 g/mol. The van der Waals surface area contributed by atoms with Crippen molar-refractivity contribution >= 4 is 11.6 Å². The molecule has 0 saturated heterocycles. The van der Waals surface area contributed by atoms with E-state index in [2.05, 4.69) is 6.92 Å². The molecule has 1 aliphatic rings. The monoisotopic (exact) mass is 260 g/mol. The molecule has 0 heterocycles. The molecule has 1 aromatic carbocycles. The normalized spacial score (nSPS) is 23.1. The summed E-state index contributed by atoms with van der Waals surface area (Å²) in [4.78, 5) is 14.5. The number of nitrogen functional groups attached to an aromatic ring is 1. The predicted octanol–water partition coefficient (Wildman–Crippen LogP) is 3.23. The topological polar surface area (TPSA) is 46.3 Å². The Balaban J connectivity index is 2.13. The van der Waals surface area contributed by atoms with Crippen LogP contribution in [0.1, 0.15) is 48.5 Å². The molecule has 0 atom stereocenters. The van der Waals surface area contributed by atoms with Crippen LogP contribution in [0.5, 0.6) is 0 Å². The first-order valence-electron chi connectivity index (χ1n) is 7.13. The number of carbonyl (C=O) groups excluding carboxylic acids is 1. The van der Waals surface area contributed by atoms with E-state index in [1.54, 1.807) is 0 Å². The first-order chi connectivity index (χ1) is 9.00. The van der Waals surface area contributed by atoms with Crippen molar-refractivity contribution < 1.29 is 4.79 Å². The summed E-state index contributed by atoms with van der Waals surface area (Å²) in [5.74, 6) is 0.901. The third kappa shape index (κ3) is 2.91. The van der Waals surface area contributed by atoms with Crippen LogP contribution in [-0.2, 0) is 0 Å². The second-order valence-electron chi connectivity index (χ2n) is 5.85. The molecular weight excluding hydrogens is 236 g/mol. The maximum atomic E-state index is 12.6. The first-order valence-corrected chi connectivity index (χ1v) is 7.13. The summed E-state index contributed by atoms with van der Waals surface area (Å²) in [5, 5.41) is 0. The Kier molecular flexibility index (Phi) is 4.13. The summed E-state index contributed by atoms with van der Waals surface area (Å²) < 4.78 is 0. The molecule has 2 N–H and O–H groups in total. The fourth-order valence-corrected chi connectivity index (χ4v) is 2.87. The number of nitrogens with zero attached hydrogens (tertiary/aromatic N) is 1. The van der Waals surface area contributed by atoms with E-state index < -0.39 is 0 Å². The van der Waals surface area contributed by atoms with Crippen molar-refractivity contribution in [3.63, 3.8) is 0 Å².